The van der Waals surface area contributed by atoms with E-state index in [2.05, 4.69) is 0 Å². The number of hydrogen-bond acceptors (Lipinski definition) is 2. The Morgan fingerprint density at radius 3 is 2.47 bits per heavy atom. The van der Waals surface area contributed by atoms with Crippen LogP contribution in [0.1, 0.15) is 5.56 Å². The van der Waals surface area contributed by atoms with Crippen LogP contribution in [-0.2, 0) is 13.6 Å². The number of nitrogens with zero attached hydrogens (tertiary/aromatic N) is 2. The van der Waals surface area contributed by atoms with Gasteiger partial charge in [-0.3, -0.25) is 9.13 Å². The first kappa shape index (κ1) is 9.58. The molecule has 2 rings (SSSR count). The molecular weight excluding hydrogens is 192 g/mol. The molecular formula is C11H12N2O2. The van der Waals surface area contributed by atoms with E-state index in [1.54, 1.807) is 7.05 Å². The van der Waals surface area contributed by atoms with Crippen molar-refractivity contribution in [3.05, 3.63) is 52.6 Å². The number of imidazole rings is 1. The van der Waals surface area contributed by atoms with Crippen molar-refractivity contribution in [1.82, 2.24) is 9.13 Å². The predicted octanol–water partition coefficient (Wildman–Crippen LogP) is 0.941. The quantitative estimate of drug-likeness (QED) is 0.791. The van der Waals surface area contributed by atoms with E-state index in [9.17, 15) is 9.90 Å². The summed E-state index contributed by atoms with van der Waals surface area (Å²) in [6.07, 6.45) is 1.41. The summed E-state index contributed by atoms with van der Waals surface area (Å²) in [6.45, 7) is 0.395. The van der Waals surface area contributed by atoms with Crippen LogP contribution in [0.2, 0.25) is 0 Å². The molecule has 0 amide bonds. The summed E-state index contributed by atoms with van der Waals surface area (Å²) in [6, 6.07) is 9.55. The summed E-state index contributed by atoms with van der Waals surface area (Å²) in [4.78, 5) is 11.6. The molecule has 1 aromatic carbocycles. The number of aromatic hydroxyl groups is 1. The molecule has 0 bridgehead atoms. The standard InChI is InChI=1S/C11H12N2O2/c1-12-8-10(14)13(11(12)15)7-9-5-3-2-4-6-9/h2-6,8,14H,7H2,1H3. The molecule has 0 aliphatic heterocycles. The molecule has 78 valence electrons. The topological polar surface area (TPSA) is 47.2 Å². The summed E-state index contributed by atoms with van der Waals surface area (Å²) in [5, 5.41) is 9.52. The van der Waals surface area contributed by atoms with E-state index in [1.165, 1.54) is 15.3 Å². The second-order valence-corrected chi connectivity index (χ2v) is 3.45. The smallest absolute Gasteiger partial charge is 0.331 e. The maximum Gasteiger partial charge on any atom is 0.331 e. The molecule has 1 aromatic heterocycles. The van der Waals surface area contributed by atoms with Gasteiger partial charge in [0.1, 0.15) is 0 Å². The zero-order chi connectivity index (χ0) is 10.8. The zero-order valence-electron chi connectivity index (χ0n) is 8.42. The Morgan fingerprint density at radius 1 is 1.27 bits per heavy atom. The lowest BCUT2D eigenvalue weighted by atomic mass is 10.2. The highest BCUT2D eigenvalue weighted by Gasteiger charge is 2.07. The van der Waals surface area contributed by atoms with E-state index in [-0.39, 0.29) is 11.6 Å². The van der Waals surface area contributed by atoms with E-state index >= 15 is 0 Å². The molecule has 4 nitrogen and oxygen atoms in total. The minimum absolute atomic E-state index is 0.00801. The molecule has 0 unspecified atom stereocenters. The number of rotatable bonds is 2. The van der Waals surface area contributed by atoms with Crippen LogP contribution >= 0.6 is 0 Å². The Morgan fingerprint density at radius 2 is 1.93 bits per heavy atom. The van der Waals surface area contributed by atoms with Crippen molar-refractivity contribution in [1.29, 1.82) is 0 Å². The molecule has 1 N–H and O–H groups in total. The average Bonchev–Trinajstić information content (AvgIpc) is 2.47. The SMILES string of the molecule is Cn1cc(O)n(Cc2ccccc2)c1=O. The van der Waals surface area contributed by atoms with Gasteiger partial charge in [-0.05, 0) is 5.56 Å². The lowest BCUT2D eigenvalue weighted by Gasteiger charge is -2.02. The van der Waals surface area contributed by atoms with E-state index in [1.807, 2.05) is 30.3 Å². The minimum Gasteiger partial charge on any atom is -0.493 e. The van der Waals surface area contributed by atoms with Crippen LogP contribution in [0, 0.1) is 0 Å². The van der Waals surface area contributed by atoms with Crippen molar-refractivity contribution in [3.63, 3.8) is 0 Å². The highest BCUT2D eigenvalue weighted by atomic mass is 16.3. The monoisotopic (exact) mass is 204 g/mol. The summed E-state index contributed by atoms with van der Waals surface area (Å²) >= 11 is 0. The average molecular weight is 204 g/mol. The molecule has 0 aliphatic rings. The fourth-order valence-electron chi connectivity index (χ4n) is 1.50. The van der Waals surface area contributed by atoms with Gasteiger partial charge < -0.3 is 5.11 Å². The third-order valence-electron chi connectivity index (χ3n) is 2.30. The van der Waals surface area contributed by atoms with Crippen molar-refractivity contribution >= 4 is 0 Å². The summed E-state index contributed by atoms with van der Waals surface area (Å²) < 4.78 is 2.69. The van der Waals surface area contributed by atoms with E-state index in [4.69, 9.17) is 0 Å². The van der Waals surface area contributed by atoms with Gasteiger partial charge in [0.25, 0.3) is 0 Å². The van der Waals surface area contributed by atoms with Crippen LogP contribution in [0.5, 0.6) is 5.88 Å². The molecule has 0 spiro atoms. The second kappa shape index (κ2) is 3.65. The Hall–Kier alpha value is -1.97. The Kier molecular flexibility index (Phi) is 2.33. The van der Waals surface area contributed by atoms with Gasteiger partial charge >= 0.3 is 5.69 Å². The third-order valence-corrected chi connectivity index (χ3v) is 2.30. The Labute approximate surface area is 87.0 Å². The van der Waals surface area contributed by atoms with Gasteiger partial charge in [-0.15, -0.1) is 0 Å². The molecule has 0 fully saturated rings. The third kappa shape index (κ3) is 1.79. The van der Waals surface area contributed by atoms with Crippen LogP contribution in [-0.4, -0.2) is 14.2 Å². The fourth-order valence-corrected chi connectivity index (χ4v) is 1.50. The maximum absolute atomic E-state index is 11.6. The molecule has 1 heterocycles. The van der Waals surface area contributed by atoms with Gasteiger partial charge in [-0.25, -0.2) is 4.79 Å². The van der Waals surface area contributed by atoms with Gasteiger partial charge in [0.2, 0.25) is 5.88 Å². The minimum atomic E-state index is -0.212. The Bertz CT molecular complexity index is 511. The lowest BCUT2D eigenvalue weighted by Crippen LogP contribution is -2.22. The normalized spacial score (nSPS) is 10.5. The van der Waals surface area contributed by atoms with Crippen molar-refractivity contribution in [2.24, 2.45) is 7.05 Å². The highest BCUT2D eigenvalue weighted by molar-refractivity contribution is 5.17. The molecule has 2 aromatic rings. The van der Waals surface area contributed by atoms with E-state index in [0.29, 0.717) is 6.54 Å². The van der Waals surface area contributed by atoms with Crippen molar-refractivity contribution in [2.75, 3.05) is 0 Å². The molecule has 4 heteroatoms. The molecule has 0 radical (unpaired) electrons. The van der Waals surface area contributed by atoms with Crippen LogP contribution in [0.4, 0.5) is 0 Å². The molecule has 0 saturated carbocycles. The largest absolute Gasteiger partial charge is 0.493 e. The number of benzene rings is 1. The maximum atomic E-state index is 11.6. The summed E-state index contributed by atoms with van der Waals surface area (Å²) in [7, 11) is 1.61. The second-order valence-electron chi connectivity index (χ2n) is 3.45. The van der Waals surface area contributed by atoms with Gasteiger partial charge in [0.05, 0.1) is 12.7 Å². The van der Waals surface area contributed by atoms with Crippen LogP contribution in [0.25, 0.3) is 0 Å². The first-order valence-electron chi connectivity index (χ1n) is 4.67. The summed E-state index contributed by atoms with van der Waals surface area (Å²) in [5.74, 6) is -0.00801. The molecule has 0 saturated heterocycles. The lowest BCUT2D eigenvalue weighted by molar-refractivity contribution is 0.421. The van der Waals surface area contributed by atoms with Crippen LogP contribution < -0.4 is 5.69 Å². The predicted molar refractivity (Wildman–Crippen MR) is 56.9 cm³/mol. The highest BCUT2D eigenvalue weighted by Crippen LogP contribution is 2.08. The number of aryl methyl sites for hydroxylation is 1. The first-order chi connectivity index (χ1) is 7.18. The molecule has 15 heavy (non-hydrogen) atoms. The van der Waals surface area contributed by atoms with Crippen LogP contribution in [0.15, 0.2) is 41.3 Å². The molecule has 0 aliphatic carbocycles. The van der Waals surface area contributed by atoms with Gasteiger partial charge in [0.15, 0.2) is 0 Å². The van der Waals surface area contributed by atoms with Crippen molar-refractivity contribution in [3.8, 4) is 5.88 Å². The van der Waals surface area contributed by atoms with Crippen molar-refractivity contribution < 1.29 is 5.11 Å². The van der Waals surface area contributed by atoms with Gasteiger partial charge in [0, 0.05) is 7.05 Å². The fraction of sp³-hybridized carbons (Fsp3) is 0.182. The number of hydrogen-bond donors (Lipinski definition) is 1. The van der Waals surface area contributed by atoms with Gasteiger partial charge in [-0.2, -0.15) is 0 Å². The number of aromatic nitrogens is 2. The van der Waals surface area contributed by atoms with E-state index in [0.717, 1.165) is 5.56 Å². The first-order valence-corrected chi connectivity index (χ1v) is 4.67. The van der Waals surface area contributed by atoms with Crippen LogP contribution in [0.3, 0.4) is 0 Å². The molecule has 0 atom stereocenters. The van der Waals surface area contributed by atoms with E-state index < -0.39 is 0 Å². The van der Waals surface area contributed by atoms with Gasteiger partial charge in [-0.1, -0.05) is 30.3 Å². The Balaban J connectivity index is 2.37. The summed E-state index contributed by atoms with van der Waals surface area (Å²) in [5.41, 5.74) is 0.775. The van der Waals surface area contributed by atoms with Crippen molar-refractivity contribution in [2.45, 2.75) is 6.54 Å². The zero-order valence-corrected chi connectivity index (χ0v) is 8.42.